The second kappa shape index (κ2) is 5.95. The van der Waals surface area contributed by atoms with Gasteiger partial charge in [0.15, 0.2) is 0 Å². The first-order valence-corrected chi connectivity index (χ1v) is 10.4. The van der Waals surface area contributed by atoms with Crippen LogP contribution in [0.1, 0.15) is 72.1 Å². The van der Waals surface area contributed by atoms with Crippen LogP contribution in [-0.2, 0) is 0 Å². The molecule has 0 aromatic rings. The molecule has 0 aromatic carbocycles. The number of nitrogens with zero attached hydrogens (tertiary/aromatic N) is 1. The molecule has 4 saturated carbocycles. The first-order valence-electron chi connectivity index (χ1n) is 10.4. The van der Waals surface area contributed by atoms with E-state index in [1.807, 2.05) is 6.92 Å². The molecule has 0 unspecified atom stereocenters. The Morgan fingerprint density at radius 2 is 1.84 bits per heavy atom. The molecule has 25 heavy (non-hydrogen) atoms. The molecule has 4 fully saturated rings. The van der Waals surface area contributed by atoms with E-state index < -0.39 is 0 Å². The molecule has 4 aliphatic rings. The van der Waals surface area contributed by atoms with Gasteiger partial charge in [-0.25, -0.2) is 0 Å². The lowest BCUT2D eigenvalue weighted by Gasteiger charge is -2.60. The maximum atomic E-state index is 10.3. The van der Waals surface area contributed by atoms with E-state index in [1.54, 1.807) is 0 Å². The predicted molar refractivity (Wildman–Crippen MR) is 97.5 cm³/mol. The Kier molecular flexibility index (Phi) is 4.23. The smallest absolute Gasteiger partial charge is 0.0615 e. The van der Waals surface area contributed by atoms with Crippen molar-refractivity contribution in [3.05, 3.63) is 0 Å². The fourth-order valence-electron chi connectivity index (χ4n) is 8.01. The van der Waals surface area contributed by atoms with E-state index in [9.17, 15) is 15.4 Å². The summed E-state index contributed by atoms with van der Waals surface area (Å²) in [6.07, 6.45) is 7.91. The first-order chi connectivity index (χ1) is 11.8. The summed E-state index contributed by atoms with van der Waals surface area (Å²) in [7, 11) is 0. The van der Waals surface area contributed by atoms with E-state index in [2.05, 4.69) is 19.0 Å². The minimum absolute atomic E-state index is 0.0638. The molecule has 0 radical (unpaired) electrons. The molecule has 0 aromatic heterocycles. The number of aliphatic hydroxyl groups is 2. The van der Waals surface area contributed by atoms with Crippen molar-refractivity contribution in [2.24, 2.45) is 45.6 Å². The maximum absolute atomic E-state index is 10.3. The third-order valence-corrected chi connectivity index (χ3v) is 9.12. The standard InChI is InChI=1S/C21H35NO3/c1-12(23)16-6-7-17-15-5-4-13-10-14(24)8-9-20(13,2)19(15)18(22-25)11-21(16,17)3/h12-17,19,23-25H,4-11H2,1-3H3/b22-18+/t12-,13+,14+,15-,16-,17+,19-,20-,21-/m0/s1. The van der Waals surface area contributed by atoms with Crippen LogP contribution in [0.2, 0.25) is 0 Å². The highest BCUT2D eigenvalue weighted by molar-refractivity contribution is 5.89. The number of fused-ring (bicyclic) bond motifs is 5. The Bertz CT molecular complexity index is 561. The van der Waals surface area contributed by atoms with Gasteiger partial charge in [0.25, 0.3) is 0 Å². The van der Waals surface area contributed by atoms with E-state index in [0.717, 1.165) is 37.8 Å². The average Bonchev–Trinajstić information content (AvgIpc) is 2.91. The molecule has 3 N–H and O–H groups in total. The van der Waals surface area contributed by atoms with Gasteiger partial charge in [-0.15, -0.1) is 0 Å². The monoisotopic (exact) mass is 349 g/mol. The number of hydrogen-bond donors (Lipinski definition) is 3. The van der Waals surface area contributed by atoms with Crippen LogP contribution in [0.3, 0.4) is 0 Å². The Labute approximate surface area is 151 Å². The van der Waals surface area contributed by atoms with Gasteiger partial charge in [-0.1, -0.05) is 19.0 Å². The third-order valence-electron chi connectivity index (χ3n) is 9.12. The van der Waals surface area contributed by atoms with Gasteiger partial charge in [-0.3, -0.25) is 0 Å². The predicted octanol–water partition coefficient (Wildman–Crippen LogP) is 3.83. The third kappa shape index (κ3) is 2.43. The largest absolute Gasteiger partial charge is 0.411 e. The second-order valence-electron chi connectivity index (χ2n) is 10.2. The summed E-state index contributed by atoms with van der Waals surface area (Å²) < 4.78 is 0. The van der Waals surface area contributed by atoms with E-state index in [0.29, 0.717) is 29.6 Å². The second-order valence-corrected chi connectivity index (χ2v) is 10.2. The van der Waals surface area contributed by atoms with Crippen LogP contribution in [0.15, 0.2) is 5.16 Å². The lowest BCUT2D eigenvalue weighted by Crippen LogP contribution is -2.58. The van der Waals surface area contributed by atoms with Crippen LogP contribution >= 0.6 is 0 Å². The van der Waals surface area contributed by atoms with Gasteiger partial charge >= 0.3 is 0 Å². The molecule has 0 spiro atoms. The zero-order chi connectivity index (χ0) is 18.0. The van der Waals surface area contributed by atoms with E-state index in [1.165, 1.54) is 19.3 Å². The summed E-state index contributed by atoms with van der Waals surface area (Å²) in [4.78, 5) is 0. The van der Waals surface area contributed by atoms with Gasteiger partial charge in [-0.05, 0) is 92.8 Å². The summed E-state index contributed by atoms with van der Waals surface area (Å²) in [6, 6.07) is 0. The van der Waals surface area contributed by atoms with Crippen LogP contribution in [0.5, 0.6) is 0 Å². The molecule has 0 aliphatic heterocycles. The Morgan fingerprint density at radius 3 is 2.52 bits per heavy atom. The Morgan fingerprint density at radius 1 is 1.08 bits per heavy atom. The quantitative estimate of drug-likeness (QED) is 0.497. The van der Waals surface area contributed by atoms with Gasteiger partial charge in [0.2, 0.25) is 0 Å². The van der Waals surface area contributed by atoms with Crippen LogP contribution in [0.4, 0.5) is 0 Å². The van der Waals surface area contributed by atoms with E-state index in [-0.39, 0.29) is 23.0 Å². The van der Waals surface area contributed by atoms with Crippen molar-refractivity contribution in [2.45, 2.75) is 84.3 Å². The molecule has 4 nitrogen and oxygen atoms in total. The molecule has 0 saturated heterocycles. The molecule has 9 atom stereocenters. The van der Waals surface area contributed by atoms with Crippen LogP contribution in [-0.4, -0.2) is 33.3 Å². The van der Waals surface area contributed by atoms with Gasteiger partial charge in [-0.2, -0.15) is 0 Å². The maximum Gasteiger partial charge on any atom is 0.0615 e. The fraction of sp³-hybridized carbons (Fsp3) is 0.952. The molecular formula is C21H35NO3. The van der Waals surface area contributed by atoms with Crippen molar-refractivity contribution in [3.63, 3.8) is 0 Å². The van der Waals surface area contributed by atoms with Gasteiger partial charge < -0.3 is 15.4 Å². The highest BCUT2D eigenvalue weighted by Gasteiger charge is 2.63. The molecule has 0 heterocycles. The topological polar surface area (TPSA) is 73.0 Å². The van der Waals surface area contributed by atoms with Crippen molar-refractivity contribution >= 4 is 5.71 Å². The fourth-order valence-corrected chi connectivity index (χ4v) is 8.01. The van der Waals surface area contributed by atoms with E-state index in [4.69, 9.17) is 0 Å². The number of aliphatic hydroxyl groups excluding tert-OH is 2. The summed E-state index contributed by atoms with van der Waals surface area (Å²) in [6.45, 7) is 6.67. The van der Waals surface area contributed by atoms with Crippen molar-refractivity contribution in [1.29, 1.82) is 0 Å². The van der Waals surface area contributed by atoms with Crippen molar-refractivity contribution in [3.8, 4) is 0 Å². The SMILES string of the molecule is C[C@H](O)[C@@H]1CC[C@@H]2[C@@H]3CC[C@@H]4C[C@H](O)CC[C@]4(C)[C@@H]3/C(=N/O)C[C@]21C. The summed E-state index contributed by atoms with van der Waals surface area (Å²) in [5.74, 6) is 2.42. The van der Waals surface area contributed by atoms with Crippen molar-refractivity contribution in [1.82, 2.24) is 0 Å². The molecule has 0 bridgehead atoms. The normalized spacial score (nSPS) is 55.3. The lowest BCUT2D eigenvalue weighted by atomic mass is 9.44. The number of oxime groups is 1. The summed E-state index contributed by atoms with van der Waals surface area (Å²) in [5, 5.41) is 34.3. The van der Waals surface area contributed by atoms with Crippen LogP contribution < -0.4 is 0 Å². The highest BCUT2D eigenvalue weighted by Crippen LogP contribution is 2.66. The lowest BCUT2D eigenvalue weighted by molar-refractivity contribution is -0.0897. The molecule has 4 heteroatoms. The van der Waals surface area contributed by atoms with Crippen molar-refractivity contribution < 1.29 is 15.4 Å². The minimum atomic E-state index is -0.289. The average molecular weight is 350 g/mol. The Balaban J connectivity index is 1.71. The van der Waals surface area contributed by atoms with Gasteiger partial charge in [0.05, 0.1) is 17.9 Å². The minimum Gasteiger partial charge on any atom is -0.411 e. The molecule has 142 valence electrons. The highest BCUT2D eigenvalue weighted by atomic mass is 16.4. The summed E-state index contributed by atoms with van der Waals surface area (Å²) in [5.41, 5.74) is 1.21. The molecule has 0 amide bonds. The molecular weight excluding hydrogens is 314 g/mol. The zero-order valence-electron chi connectivity index (χ0n) is 16.0. The van der Waals surface area contributed by atoms with Crippen molar-refractivity contribution in [2.75, 3.05) is 0 Å². The molecule has 4 aliphatic carbocycles. The van der Waals surface area contributed by atoms with Crippen LogP contribution in [0.25, 0.3) is 0 Å². The number of rotatable bonds is 1. The van der Waals surface area contributed by atoms with Gasteiger partial charge in [0.1, 0.15) is 0 Å². The van der Waals surface area contributed by atoms with E-state index >= 15 is 0 Å². The number of hydrogen-bond acceptors (Lipinski definition) is 4. The first kappa shape index (κ1) is 17.8. The summed E-state index contributed by atoms with van der Waals surface area (Å²) >= 11 is 0. The van der Waals surface area contributed by atoms with Gasteiger partial charge in [0, 0.05) is 5.92 Å². The Hall–Kier alpha value is -0.610. The zero-order valence-corrected chi connectivity index (χ0v) is 16.0. The molecule has 4 rings (SSSR count). The van der Waals surface area contributed by atoms with Crippen LogP contribution in [0, 0.1) is 40.4 Å².